The van der Waals surface area contributed by atoms with Crippen LogP contribution in [0.4, 0.5) is 26.3 Å². The molecule has 0 N–H and O–H groups in total. The van der Waals surface area contributed by atoms with Crippen LogP contribution in [0.15, 0.2) is 18.2 Å². The van der Waals surface area contributed by atoms with E-state index in [1.54, 1.807) is 0 Å². The summed E-state index contributed by atoms with van der Waals surface area (Å²) in [6.45, 7) is 1.44. The monoisotopic (exact) mass is 318 g/mol. The normalized spacial score (nSPS) is 14.2. The fraction of sp³-hybridized carbons (Fsp3) is 0.417. The minimum atomic E-state index is -4.94. The van der Waals surface area contributed by atoms with Crippen molar-refractivity contribution in [3.05, 3.63) is 34.9 Å². The van der Waals surface area contributed by atoms with Crippen LogP contribution < -0.4 is 0 Å². The molecule has 0 aromatic heterocycles. The van der Waals surface area contributed by atoms with Gasteiger partial charge in [-0.05, 0) is 41.8 Å². The highest BCUT2D eigenvalue weighted by molar-refractivity contribution is 6.64. The van der Waals surface area contributed by atoms with Gasteiger partial charge in [-0.2, -0.15) is 26.3 Å². The van der Waals surface area contributed by atoms with Crippen molar-refractivity contribution in [2.75, 3.05) is 0 Å². The van der Waals surface area contributed by atoms with E-state index in [0.717, 1.165) is 0 Å². The number of carbonyl (C=O) groups excluding carboxylic acids is 1. The molecule has 0 amide bonds. The number of halogens is 7. The summed E-state index contributed by atoms with van der Waals surface area (Å²) < 4.78 is 75.7. The van der Waals surface area contributed by atoms with Gasteiger partial charge in [-0.1, -0.05) is 6.92 Å². The predicted molar refractivity (Wildman–Crippen MR) is 60.3 cm³/mol. The molecule has 112 valence electrons. The molecule has 0 radical (unpaired) electrons. The second-order valence-corrected chi connectivity index (χ2v) is 4.48. The summed E-state index contributed by atoms with van der Waals surface area (Å²) in [6, 6.07) is 1.04. The van der Waals surface area contributed by atoms with Crippen molar-refractivity contribution in [2.45, 2.75) is 31.6 Å². The smallest absolute Gasteiger partial charge is 0.281 e. The third-order valence-electron chi connectivity index (χ3n) is 2.69. The fourth-order valence-corrected chi connectivity index (χ4v) is 1.99. The Morgan fingerprint density at radius 2 is 1.45 bits per heavy atom. The topological polar surface area (TPSA) is 17.1 Å². The Balaban J connectivity index is 3.49. The second kappa shape index (κ2) is 5.63. The summed E-state index contributed by atoms with van der Waals surface area (Å²) >= 11 is 5.21. The minimum Gasteiger partial charge on any atom is -0.281 e. The zero-order chi connectivity index (χ0) is 15.7. The number of hydrogen-bond donors (Lipinski definition) is 0. The molecule has 1 unspecified atom stereocenters. The Bertz CT molecular complexity index is 473. The predicted octanol–water partition coefficient (Wildman–Crippen LogP) is 4.98. The molecule has 1 rings (SSSR count). The Hall–Kier alpha value is -1.24. The van der Waals surface area contributed by atoms with Gasteiger partial charge in [0.25, 0.3) is 0 Å². The van der Waals surface area contributed by atoms with E-state index < -0.39 is 40.2 Å². The van der Waals surface area contributed by atoms with Gasteiger partial charge in [0.1, 0.15) is 0 Å². The molecule has 1 aromatic rings. The molecule has 0 heterocycles. The molecule has 0 aliphatic rings. The van der Waals surface area contributed by atoms with Crippen molar-refractivity contribution in [1.82, 2.24) is 0 Å². The quantitative estimate of drug-likeness (QED) is 0.567. The van der Waals surface area contributed by atoms with Gasteiger partial charge in [0.05, 0.1) is 17.0 Å². The van der Waals surface area contributed by atoms with Gasteiger partial charge < -0.3 is 0 Å². The average molecular weight is 319 g/mol. The van der Waals surface area contributed by atoms with Crippen LogP contribution in [-0.4, -0.2) is 5.24 Å². The Labute approximate surface area is 115 Å². The van der Waals surface area contributed by atoms with E-state index in [1.165, 1.54) is 6.92 Å². The SMILES string of the molecule is CCC(C(=O)Cl)c1cc(C(F)(F)F)cc(C(F)(F)F)c1. The van der Waals surface area contributed by atoms with E-state index in [-0.39, 0.29) is 12.5 Å². The molecule has 1 atom stereocenters. The van der Waals surface area contributed by atoms with Gasteiger partial charge in [0.2, 0.25) is 5.24 Å². The fourth-order valence-electron chi connectivity index (χ4n) is 1.71. The van der Waals surface area contributed by atoms with Crippen LogP contribution in [0.25, 0.3) is 0 Å². The summed E-state index contributed by atoms with van der Waals surface area (Å²) in [4.78, 5) is 11.1. The first-order valence-corrected chi connectivity index (χ1v) is 5.83. The maximum Gasteiger partial charge on any atom is 0.416 e. The van der Waals surface area contributed by atoms with Crippen LogP contribution in [0.5, 0.6) is 0 Å². The summed E-state index contributed by atoms with van der Waals surface area (Å²) in [6.07, 6.45) is -9.88. The molecule has 0 spiro atoms. The van der Waals surface area contributed by atoms with Gasteiger partial charge >= 0.3 is 12.4 Å². The van der Waals surface area contributed by atoms with E-state index in [9.17, 15) is 31.1 Å². The number of benzene rings is 1. The van der Waals surface area contributed by atoms with Crippen LogP contribution in [0.2, 0.25) is 0 Å². The van der Waals surface area contributed by atoms with Crippen molar-refractivity contribution in [1.29, 1.82) is 0 Å². The first kappa shape index (κ1) is 16.8. The molecule has 0 aliphatic carbocycles. The zero-order valence-corrected chi connectivity index (χ0v) is 10.8. The van der Waals surface area contributed by atoms with Crippen molar-refractivity contribution in [3.8, 4) is 0 Å². The molecule has 0 aliphatic heterocycles. The summed E-state index contributed by atoms with van der Waals surface area (Å²) in [5.74, 6) is -1.21. The number of alkyl halides is 6. The third kappa shape index (κ3) is 3.88. The van der Waals surface area contributed by atoms with E-state index in [1.807, 2.05) is 0 Å². The lowest BCUT2D eigenvalue weighted by atomic mass is 9.93. The average Bonchev–Trinajstić information content (AvgIpc) is 2.26. The number of carbonyl (C=O) groups is 1. The molecule has 8 heteroatoms. The zero-order valence-electron chi connectivity index (χ0n) is 10.1. The lowest BCUT2D eigenvalue weighted by molar-refractivity contribution is -0.143. The van der Waals surface area contributed by atoms with Crippen molar-refractivity contribution < 1.29 is 31.1 Å². The molecule has 0 saturated carbocycles. The highest BCUT2D eigenvalue weighted by atomic mass is 35.5. The van der Waals surface area contributed by atoms with E-state index in [2.05, 4.69) is 0 Å². The maximum atomic E-state index is 12.6. The van der Waals surface area contributed by atoms with Gasteiger partial charge in [-0.3, -0.25) is 4.79 Å². The van der Waals surface area contributed by atoms with Crippen LogP contribution in [-0.2, 0) is 17.1 Å². The molecule has 1 nitrogen and oxygen atoms in total. The van der Waals surface area contributed by atoms with Crippen molar-refractivity contribution in [3.63, 3.8) is 0 Å². The van der Waals surface area contributed by atoms with Crippen molar-refractivity contribution in [2.24, 2.45) is 0 Å². The van der Waals surface area contributed by atoms with Gasteiger partial charge in [0, 0.05) is 0 Å². The van der Waals surface area contributed by atoms with Crippen LogP contribution >= 0.6 is 11.6 Å². The van der Waals surface area contributed by atoms with E-state index in [0.29, 0.717) is 12.1 Å². The van der Waals surface area contributed by atoms with Crippen molar-refractivity contribution >= 4 is 16.8 Å². The Kier molecular flexibility index (Phi) is 4.74. The summed E-state index contributed by atoms with van der Waals surface area (Å²) in [5.41, 5.74) is -3.31. The van der Waals surface area contributed by atoms with Crippen LogP contribution in [0, 0.1) is 0 Å². The molecule has 20 heavy (non-hydrogen) atoms. The standard InChI is InChI=1S/C12H9ClF6O/c1-2-9(10(13)20)6-3-7(11(14,15)16)5-8(4-6)12(17,18)19/h3-5,9H,2H2,1H3. The number of rotatable bonds is 3. The number of hydrogen-bond acceptors (Lipinski definition) is 1. The highest BCUT2D eigenvalue weighted by Gasteiger charge is 2.37. The molecular weight excluding hydrogens is 310 g/mol. The molecule has 0 saturated heterocycles. The summed E-state index contributed by atoms with van der Waals surface area (Å²) in [7, 11) is 0. The Morgan fingerprint density at radius 1 is 1.05 bits per heavy atom. The molecule has 1 aromatic carbocycles. The van der Waals surface area contributed by atoms with Gasteiger partial charge in [0.15, 0.2) is 0 Å². The second-order valence-electron chi connectivity index (χ2n) is 4.10. The maximum absolute atomic E-state index is 12.6. The minimum absolute atomic E-state index is 0.000933. The lowest BCUT2D eigenvalue weighted by Crippen LogP contribution is -2.14. The first-order valence-electron chi connectivity index (χ1n) is 5.45. The molecular formula is C12H9ClF6O. The molecule has 0 bridgehead atoms. The van der Waals surface area contributed by atoms with Gasteiger partial charge in [-0.15, -0.1) is 0 Å². The third-order valence-corrected chi connectivity index (χ3v) is 2.96. The largest absolute Gasteiger partial charge is 0.416 e. The lowest BCUT2D eigenvalue weighted by Gasteiger charge is -2.17. The highest BCUT2D eigenvalue weighted by Crippen LogP contribution is 2.38. The van der Waals surface area contributed by atoms with Crippen LogP contribution in [0.3, 0.4) is 0 Å². The van der Waals surface area contributed by atoms with E-state index in [4.69, 9.17) is 11.6 Å². The summed E-state index contributed by atoms with van der Waals surface area (Å²) in [5, 5.41) is -1.00. The van der Waals surface area contributed by atoms with Gasteiger partial charge in [-0.25, -0.2) is 0 Å². The Morgan fingerprint density at radius 3 is 1.70 bits per heavy atom. The van der Waals surface area contributed by atoms with Crippen LogP contribution in [0.1, 0.15) is 36.0 Å². The first-order chi connectivity index (χ1) is 8.96. The van der Waals surface area contributed by atoms with E-state index >= 15 is 0 Å². The molecule has 0 fully saturated rings.